The van der Waals surface area contributed by atoms with Crippen LogP contribution in [0.3, 0.4) is 0 Å². The standard InChI is InChI=1S/C9H12FN3.C2H6/c1-7(11)6-13(12)9-4-2-8(10)3-5-9;1-2/h2-6H,11-12H2,1H3;1-2H3/b7-6-;. The van der Waals surface area contributed by atoms with E-state index in [1.54, 1.807) is 25.3 Å². The Morgan fingerprint density at radius 3 is 2.13 bits per heavy atom. The van der Waals surface area contributed by atoms with Crippen LogP contribution in [0.15, 0.2) is 36.2 Å². The Labute approximate surface area is 90.1 Å². The van der Waals surface area contributed by atoms with Crippen LogP contribution in [0.1, 0.15) is 20.8 Å². The number of anilines is 1. The van der Waals surface area contributed by atoms with E-state index in [1.165, 1.54) is 17.1 Å². The first-order chi connectivity index (χ1) is 7.09. The molecule has 0 fully saturated rings. The highest BCUT2D eigenvalue weighted by molar-refractivity contribution is 5.47. The highest BCUT2D eigenvalue weighted by Gasteiger charge is 1.97. The lowest BCUT2D eigenvalue weighted by atomic mass is 10.3. The highest BCUT2D eigenvalue weighted by Crippen LogP contribution is 2.11. The summed E-state index contributed by atoms with van der Waals surface area (Å²) in [6, 6.07) is 5.84. The zero-order valence-corrected chi connectivity index (χ0v) is 9.37. The van der Waals surface area contributed by atoms with E-state index in [1.807, 2.05) is 13.8 Å². The fourth-order valence-corrected chi connectivity index (χ4v) is 0.907. The second kappa shape index (κ2) is 6.84. The number of halogens is 1. The third-order valence-electron chi connectivity index (χ3n) is 1.47. The van der Waals surface area contributed by atoms with Gasteiger partial charge in [-0.15, -0.1) is 0 Å². The molecule has 0 aromatic heterocycles. The monoisotopic (exact) mass is 211 g/mol. The van der Waals surface area contributed by atoms with Gasteiger partial charge < -0.3 is 5.73 Å². The molecule has 0 saturated heterocycles. The molecule has 0 unspecified atom stereocenters. The summed E-state index contributed by atoms with van der Waals surface area (Å²) in [5.41, 5.74) is 6.70. The van der Waals surface area contributed by atoms with E-state index in [0.29, 0.717) is 11.4 Å². The van der Waals surface area contributed by atoms with E-state index in [4.69, 9.17) is 11.6 Å². The number of rotatable bonds is 2. The topological polar surface area (TPSA) is 55.3 Å². The van der Waals surface area contributed by atoms with Crippen molar-refractivity contribution >= 4 is 5.69 Å². The van der Waals surface area contributed by atoms with Gasteiger partial charge in [-0.25, -0.2) is 10.2 Å². The van der Waals surface area contributed by atoms with Crippen molar-refractivity contribution in [3.63, 3.8) is 0 Å². The van der Waals surface area contributed by atoms with Crippen molar-refractivity contribution in [2.24, 2.45) is 11.6 Å². The van der Waals surface area contributed by atoms with Crippen molar-refractivity contribution in [1.82, 2.24) is 0 Å². The van der Waals surface area contributed by atoms with Gasteiger partial charge in [0.05, 0.1) is 5.69 Å². The molecule has 4 heteroatoms. The van der Waals surface area contributed by atoms with E-state index < -0.39 is 0 Å². The molecule has 0 saturated carbocycles. The Kier molecular flexibility index (Phi) is 6.13. The summed E-state index contributed by atoms with van der Waals surface area (Å²) in [7, 11) is 0. The van der Waals surface area contributed by atoms with Crippen LogP contribution in [0.2, 0.25) is 0 Å². The Morgan fingerprint density at radius 1 is 1.27 bits per heavy atom. The lowest BCUT2D eigenvalue weighted by molar-refractivity contribution is 0.628. The van der Waals surface area contributed by atoms with Gasteiger partial charge in [0.15, 0.2) is 0 Å². The highest BCUT2D eigenvalue weighted by atomic mass is 19.1. The second-order valence-electron chi connectivity index (χ2n) is 2.76. The molecule has 0 amide bonds. The van der Waals surface area contributed by atoms with Gasteiger partial charge in [-0.1, -0.05) is 13.8 Å². The molecule has 0 bridgehead atoms. The zero-order chi connectivity index (χ0) is 11.8. The summed E-state index contributed by atoms with van der Waals surface area (Å²) in [5.74, 6) is 5.31. The van der Waals surface area contributed by atoms with Crippen molar-refractivity contribution in [2.75, 3.05) is 5.01 Å². The first-order valence-corrected chi connectivity index (χ1v) is 4.83. The molecule has 0 atom stereocenters. The van der Waals surface area contributed by atoms with E-state index in [9.17, 15) is 4.39 Å². The molecule has 1 rings (SSSR count). The number of nitrogens with two attached hydrogens (primary N) is 2. The Balaban J connectivity index is 0.000000921. The quantitative estimate of drug-likeness (QED) is 0.583. The van der Waals surface area contributed by atoms with Gasteiger partial charge in [-0.05, 0) is 31.2 Å². The normalized spacial score (nSPS) is 10.3. The van der Waals surface area contributed by atoms with E-state index in [2.05, 4.69) is 0 Å². The molecule has 3 nitrogen and oxygen atoms in total. The van der Waals surface area contributed by atoms with Gasteiger partial charge in [-0.3, -0.25) is 5.01 Å². The predicted octanol–water partition coefficient (Wildman–Crippen LogP) is 2.35. The van der Waals surface area contributed by atoms with Crippen molar-refractivity contribution in [3.05, 3.63) is 42.0 Å². The Hall–Kier alpha value is -1.55. The minimum Gasteiger partial charge on any atom is -0.401 e. The molecule has 4 N–H and O–H groups in total. The first kappa shape index (κ1) is 13.4. The van der Waals surface area contributed by atoms with Gasteiger partial charge in [0.1, 0.15) is 5.82 Å². The third-order valence-corrected chi connectivity index (χ3v) is 1.47. The van der Waals surface area contributed by atoms with Crippen LogP contribution in [0.5, 0.6) is 0 Å². The summed E-state index contributed by atoms with van der Waals surface area (Å²) in [6.45, 7) is 5.73. The third kappa shape index (κ3) is 5.02. The van der Waals surface area contributed by atoms with Crippen LogP contribution in [0.25, 0.3) is 0 Å². The molecule has 0 aliphatic heterocycles. The summed E-state index contributed by atoms with van der Waals surface area (Å²) in [5, 5.41) is 1.34. The summed E-state index contributed by atoms with van der Waals surface area (Å²) in [6.07, 6.45) is 1.56. The minimum absolute atomic E-state index is 0.286. The van der Waals surface area contributed by atoms with E-state index >= 15 is 0 Å². The van der Waals surface area contributed by atoms with Gasteiger partial charge in [-0.2, -0.15) is 0 Å². The summed E-state index contributed by atoms with van der Waals surface area (Å²) in [4.78, 5) is 0. The smallest absolute Gasteiger partial charge is 0.123 e. The lowest BCUT2D eigenvalue weighted by Gasteiger charge is -2.13. The van der Waals surface area contributed by atoms with Crippen LogP contribution < -0.4 is 16.6 Å². The molecule has 0 aliphatic rings. The largest absolute Gasteiger partial charge is 0.401 e. The van der Waals surface area contributed by atoms with Crippen LogP contribution >= 0.6 is 0 Å². The zero-order valence-electron chi connectivity index (χ0n) is 9.37. The maximum Gasteiger partial charge on any atom is 0.123 e. The number of hydrazine groups is 1. The molecule has 0 spiro atoms. The number of hydrogen-bond acceptors (Lipinski definition) is 3. The van der Waals surface area contributed by atoms with Crippen molar-refractivity contribution in [2.45, 2.75) is 20.8 Å². The molecular formula is C11H18FN3. The maximum absolute atomic E-state index is 12.5. The average Bonchev–Trinajstić information content (AvgIpc) is 2.20. The minimum atomic E-state index is -0.286. The van der Waals surface area contributed by atoms with Crippen LogP contribution in [-0.2, 0) is 0 Å². The first-order valence-electron chi connectivity index (χ1n) is 4.83. The molecule has 1 aromatic rings. The van der Waals surface area contributed by atoms with Crippen LogP contribution in [-0.4, -0.2) is 0 Å². The summed E-state index contributed by atoms with van der Waals surface area (Å²) < 4.78 is 12.5. The van der Waals surface area contributed by atoms with Gasteiger partial charge in [0.25, 0.3) is 0 Å². The van der Waals surface area contributed by atoms with Crippen molar-refractivity contribution < 1.29 is 4.39 Å². The van der Waals surface area contributed by atoms with Crippen molar-refractivity contribution in [1.29, 1.82) is 0 Å². The Morgan fingerprint density at radius 2 is 1.73 bits per heavy atom. The number of allylic oxidation sites excluding steroid dienone is 1. The van der Waals surface area contributed by atoms with Gasteiger partial charge >= 0.3 is 0 Å². The number of nitrogens with zero attached hydrogens (tertiary/aromatic N) is 1. The van der Waals surface area contributed by atoms with E-state index in [-0.39, 0.29) is 5.82 Å². The average molecular weight is 211 g/mol. The maximum atomic E-state index is 12.5. The predicted molar refractivity (Wildman–Crippen MR) is 62.4 cm³/mol. The fraction of sp³-hybridized carbons (Fsp3) is 0.273. The van der Waals surface area contributed by atoms with Gasteiger partial charge in [0.2, 0.25) is 0 Å². The van der Waals surface area contributed by atoms with Gasteiger partial charge in [0, 0.05) is 11.9 Å². The number of benzene rings is 1. The molecule has 0 heterocycles. The van der Waals surface area contributed by atoms with Crippen molar-refractivity contribution in [3.8, 4) is 0 Å². The number of hydrogen-bond donors (Lipinski definition) is 2. The van der Waals surface area contributed by atoms with E-state index in [0.717, 1.165) is 0 Å². The molecular weight excluding hydrogens is 193 g/mol. The SMILES string of the molecule is C/C(N)=C/N(N)c1ccc(F)cc1.CC. The van der Waals surface area contributed by atoms with Crippen LogP contribution in [0, 0.1) is 5.82 Å². The Bertz CT molecular complexity index is 302. The lowest BCUT2D eigenvalue weighted by Crippen LogP contribution is -2.25. The second-order valence-corrected chi connectivity index (χ2v) is 2.76. The molecule has 84 valence electrons. The molecule has 0 radical (unpaired) electrons. The fourth-order valence-electron chi connectivity index (χ4n) is 0.907. The summed E-state index contributed by atoms with van der Waals surface area (Å²) >= 11 is 0. The molecule has 0 aliphatic carbocycles. The molecule has 15 heavy (non-hydrogen) atoms. The molecule has 1 aromatic carbocycles. The van der Waals surface area contributed by atoms with Crippen LogP contribution in [0.4, 0.5) is 10.1 Å².